The van der Waals surface area contributed by atoms with E-state index in [0.717, 1.165) is 51.0 Å². The van der Waals surface area contributed by atoms with E-state index in [1.807, 2.05) is 6.07 Å². The lowest BCUT2D eigenvalue weighted by atomic mass is 9.89. The molecule has 35 heavy (non-hydrogen) atoms. The monoisotopic (exact) mass is 479 g/mol. The van der Waals surface area contributed by atoms with Gasteiger partial charge in [0.05, 0.1) is 25.4 Å². The van der Waals surface area contributed by atoms with Crippen LogP contribution in [0.15, 0.2) is 24.5 Å². The van der Waals surface area contributed by atoms with Crippen molar-refractivity contribution in [3.8, 4) is 6.01 Å². The molecule has 0 bridgehead atoms. The summed E-state index contributed by atoms with van der Waals surface area (Å²) in [7, 11) is 0. The minimum absolute atomic E-state index is 0.0135. The Bertz CT molecular complexity index is 1180. The highest BCUT2D eigenvalue weighted by Crippen LogP contribution is 2.33. The van der Waals surface area contributed by atoms with Crippen LogP contribution in [-0.2, 0) is 9.47 Å². The number of nitrogens with zero attached hydrogens (tertiary/aromatic N) is 5. The van der Waals surface area contributed by atoms with E-state index in [9.17, 15) is 4.79 Å². The smallest absolute Gasteiger partial charge is 0.322 e. The van der Waals surface area contributed by atoms with Crippen LogP contribution in [0.2, 0.25) is 0 Å². The largest absolute Gasteiger partial charge is 0.461 e. The van der Waals surface area contributed by atoms with Crippen molar-refractivity contribution in [3.63, 3.8) is 0 Å². The van der Waals surface area contributed by atoms with Gasteiger partial charge in [0.1, 0.15) is 12.3 Å². The Kier molecular flexibility index (Phi) is 6.17. The summed E-state index contributed by atoms with van der Waals surface area (Å²) in [6.45, 7) is 3.65. The summed E-state index contributed by atoms with van der Waals surface area (Å²) < 4.78 is 16.7. The number of carbonyl (C=O) groups is 1. The summed E-state index contributed by atoms with van der Waals surface area (Å²) in [5.74, 6) is 0.609. The highest BCUT2D eigenvalue weighted by atomic mass is 16.5. The SMILES string of the molecule is O=C(NC1COC1)c1nc(OCC2CCCO2)nc(N2CCC(c3c[nH]c4ncccc34)CC2)n1. The third-order valence-corrected chi connectivity index (χ3v) is 6.90. The van der Waals surface area contributed by atoms with Crippen LogP contribution >= 0.6 is 0 Å². The summed E-state index contributed by atoms with van der Waals surface area (Å²) >= 11 is 0. The quantitative estimate of drug-likeness (QED) is 0.521. The summed E-state index contributed by atoms with van der Waals surface area (Å²) in [5, 5.41) is 4.08. The molecule has 3 saturated heterocycles. The van der Waals surface area contributed by atoms with Crippen LogP contribution < -0.4 is 15.0 Å². The van der Waals surface area contributed by atoms with Gasteiger partial charge in [0, 0.05) is 37.5 Å². The van der Waals surface area contributed by atoms with Crippen molar-refractivity contribution >= 4 is 22.9 Å². The molecule has 6 heterocycles. The molecule has 0 aromatic carbocycles. The second-order valence-corrected chi connectivity index (χ2v) is 9.30. The van der Waals surface area contributed by atoms with Crippen LogP contribution in [-0.4, -0.2) is 82.5 Å². The molecular formula is C24H29N7O4. The van der Waals surface area contributed by atoms with Crippen LogP contribution in [0.5, 0.6) is 6.01 Å². The van der Waals surface area contributed by atoms with Gasteiger partial charge in [-0.3, -0.25) is 4.79 Å². The summed E-state index contributed by atoms with van der Waals surface area (Å²) in [4.78, 5) is 36.0. The third kappa shape index (κ3) is 4.78. The summed E-state index contributed by atoms with van der Waals surface area (Å²) in [6.07, 6.45) is 7.77. The van der Waals surface area contributed by atoms with Gasteiger partial charge in [0.2, 0.25) is 11.8 Å². The molecule has 11 heteroatoms. The molecule has 3 fully saturated rings. The molecule has 1 atom stereocenters. The zero-order valence-corrected chi connectivity index (χ0v) is 19.5. The number of fused-ring (bicyclic) bond motifs is 1. The average Bonchev–Trinajstić information content (AvgIpc) is 3.55. The molecule has 0 radical (unpaired) electrons. The van der Waals surface area contributed by atoms with E-state index in [4.69, 9.17) is 14.2 Å². The number of hydrogen-bond donors (Lipinski definition) is 2. The summed E-state index contributed by atoms with van der Waals surface area (Å²) in [5.41, 5.74) is 2.22. The van der Waals surface area contributed by atoms with E-state index in [1.165, 1.54) is 10.9 Å². The second kappa shape index (κ2) is 9.74. The number of H-pyrrole nitrogens is 1. The number of rotatable bonds is 7. The predicted octanol–water partition coefficient (Wildman–Crippen LogP) is 1.82. The van der Waals surface area contributed by atoms with Gasteiger partial charge in [-0.05, 0) is 49.3 Å². The van der Waals surface area contributed by atoms with Gasteiger partial charge in [0.25, 0.3) is 5.91 Å². The first-order valence-corrected chi connectivity index (χ1v) is 12.3. The molecule has 3 aromatic heterocycles. The minimum atomic E-state index is -0.343. The lowest BCUT2D eigenvalue weighted by Gasteiger charge is -2.32. The Hall–Kier alpha value is -3.31. The highest BCUT2D eigenvalue weighted by Gasteiger charge is 2.28. The van der Waals surface area contributed by atoms with Gasteiger partial charge in [-0.2, -0.15) is 15.0 Å². The number of ether oxygens (including phenoxy) is 3. The first kappa shape index (κ1) is 22.2. The highest BCUT2D eigenvalue weighted by molar-refractivity contribution is 5.91. The fourth-order valence-corrected chi connectivity index (χ4v) is 4.87. The molecule has 11 nitrogen and oxygen atoms in total. The number of piperidine rings is 1. The van der Waals surface area contributed by atoms with E-state index in [-0.39, 0.29) is 29.9 Å². The Morgan fingerprint density at radius 3 is 2.86 bits per heavy atom. The molecule has 0 spiro atoms. The van der Waals surface area contributed by atoms with Crippen molar-refractivity contribution in [1.82, 2.24) is 30.2 Å². The second-order valence-electron chi connectivity index (χ2n) is 9.30. The molecular weight excluding hydrogens is 450 g/mol. The first-order valence-electron chi connectivity index (χ1n) is 12.3. The zero-order chi connectivity index (χ0) is 23.6. The maximum atomic E-state index is 12.8. The number of hydrogen-bond acceptors (Lipinski definition) is 9. The standard InChI is InChI=1S/C24H29N7O4/c32-22(27-16-12-33-13-16)21-28-23(30-24(29-21)35-14-17-3-2-10-34-17)31-8-5-15(6-9-31)19-11-26-20-18(19)4-1-7-25-20/h1,4,7,11,15-17H,2-3,5-6,8-10,12-14H2,(H,25,26)(H,27,32). The molecule has 3 aromatic rings. The van der Waals surface area contributed by atoms with Gasteiger partial charge >= 0.3 is 6.01 Å². The lowest BCUT2D eigenvalue weighted by molar-refractivity contribution is -0.00367. The first-order chi connectivity index (χ1) is 17.2. The van der Waals surface area contributed by atoms with Gasteiger partial charge in [-0.1, -0.05) is 0 Å². The summed E-state index contributed by atoms with van der Waals surface area (Å²) in [6, 6.07) is 4.23. The molecule has 1 unspecified atom stereocenters. The van der Waals surface area contributed by atoms with Crippen molar-refractivity contribution in [2.45, 2.75) is 43.7 Å². The molecule has 0 saturated carbocycles. The van der Waals surface area contributed by atoms with Gasteiger partial charge in [-0.15, -0.1) is 0 Å². The molecule has 0 aliphatic carbocycles. The van der Waals surface area contributed by atoms with Crippen LogP contribution in [0.1, 0.15) is 47.8 Å². The van der Waals surface area contributed by atoms with Gasteiger partial charge in [0.15, 0.2) is 0 Å². The molecule has 6 rings (SSSR count). The average molecular weight is 480 g/mol. The van der Waals surface area contributed by atoms with E-state index >= 15 is 0 Å². The van der Waals surface area contributed by atoms with E-state index in [0.29, 0.717) is 31.7 Å². The van der Waals surface area contributed by atoms with Crippen molar-refractivity contribution in [1.29, 1.82) is 0 Å². The Morgan fingerprint density at radius 1 is 1.20 bits per heavy atom. The van der Waals surface area contributed by atoms with Crippen molar-refractivity contribution in [3.05, 3.63) is 35.9 Å². The minimum Gasteiger partial charge on any atom is -0.461 e. The number of amides is 1. The van der Waals surface area contributed by atoms with E-state index < -0.39 is 0 Å². The molecule has 2 N–H and O–H groups in total. The van der Waals surface area contributed by atoms with Crippen LogP contribution in [0.4, 0.5) is 5.95 Å². The maximum absolute atomic E-state index is 12.8. The number of aromatic amines is 1. The number of pyridine rings is 1. The zero-order valence-electron chi connectivity index (χ0n) is 19.5. The van der Waals surface area contributed by atoms with Crippen LogP contribution in [0.25, 0.3) is 11.0 Å². The number of aromatic nitrogens is 5. The lowest BCUT2D eigenvalue weighted by Crippen LogP contribution is -2.49. The maximum Gasteiger partial charge on any atom is 0.322 e. The van der Waals surface area contributed by atoms with E-state index in [1.54, 1.807) is 6.20 Å². The number of carbonyl (C=O) groups excluding carboxylic acids is 1. The Labute approximate surface area is 202 Å². The van der Waals surface area contributed by atoms with Crippen molar-refractivity contribution in [2.75, 3.05) is 44.4 Å². The molecule has 184 valence electrons. The topological polar surface area (TPSA) is 127 Å². The van der Waals surface area contributed by atoms with Crippen molar-refractivity contribution in [2.24, 2.45) is 0 Å². The Morgan fingerprint density at radius 2 is 2.09 bits per heavy atom. The molecule has 1 amide bonds. The van der Waals surface area contributed by atoms with Gasteiger partial charge < -0.3 is 29.4 Å². The number of anilines is 1. The number of nitrogens with one attached hydrogen (secondary N) is 2. The van der Waals surface area contributed by atoms with Crippen LogP contribution in [0.3, 0.4) is 0 Å². The predicted molar refractivity (Wildman–Crippen MR) is 127 cm³/mol. The molecule has 3 aliphatic rings. The Balaban J connectivity index is 1.18. The fraction of sp³-hybridized carbons (Fsp3) is 0.542. The van der Waals surface area contributed by atoms with Crippen molar-refractivity contribution < 1.29 is 19.0 Å². The van der Waals surface area contributed by atoms with Gasteiger partial charge in [-0.25, -0.2) is 4.98 Å². The fourth-order valence-electron chi connectivity index (χ4n) is 4.87. The molecule has 3 aliphatic heterocycles. The third-order valence-electron chi connectivity index (χ3n) is 6.90. The van der Waals surface area contributed by atoms with Crippen LogP contribution in [0, 0.1) is 0 Å². The normalized spacial score (nSPS) is 21.3. The van der Waals surface area contributed by atoms with E-state index in [2.05, 4.69) is 47.4 Å².